The highest BCUT2D eigenvalue weighted by atomic mass is 79.9. The van der Waals surface area contributed by atoms with Gasteiger partial charge >= 0.3 is 0 Å². The molecule has 0 unspecified atom stereocenters. The van der Waals surface area contributed by atoms with Gasteiger partial charge in [-0.05, 0) is 23.7 Å². The van der Waals surface area contributed by atoms with E-state index in [2.05, 4.69) is 26.0 Å². The Labute approximate surface area is 99.8 Å². The molecule has 82 valence electrons. The quantitative estimate of drug-likeness (QED) is 0.484. The van der Waals surface area contributed by atoms with Crippen LogP contribution in [-0.2, 0) is 6.54 Å². The number of nitrogens with zero attached hydrogens (tertiary/aromatic N) is 3. The first kappa shape index (κ1) is 10.9. The molecule has 16 heavy (non-hydrogen) atoms. The molecule has 2 rings (SSSR count). The van der Waals surface area contributed by atoms with Crippen LogP contribution in [0.2, 0.25) is 0 Å². The van der Waals surface area contributed by atoms with Crippen molar-refractivity contribution < 1.29 is 9.15 Å². The zero-order valence-electron chi connectivity index (χ0n) is 8.48. The van der Waals surface area contributed by atoms with E-state index < -0.39 is 0 Å². The van der Waals surface area contributed by atoms with E-state index >= 15 is 0 Å². The second-order valence-corrected chi connectivity index (χ2v) is 3.95. The van der Waals surface area contributed by atoms with Crippen molar-refractivity contribution in [2.45, 2.75) is 6.54 Å². The van der Waals surface area contributed by atoms with Crippen LogP contribution >= 0.6 is 15.9 Å². The molecular weight excluding hydrogens is 274 g/mol. The third-order valence-corrected chi connectivity index (χ3v) is 2.85. The lowest BCUT2D eigenvalue weighted by Crippen LogP contribution is -1.82. The number of methoxy groups -OCH3 is 1. The maximum Gasteiger partial charge on any atom is 0.177 e. The van der Waals surface area contributed by atoms with Crippen molar-refractivity contribution in [3.05, 3.63) is 38.9 Å². The van der Waals surface area contributed by atoms with Crippen LogP contribution in [0, 0.1) is 0 Å². The van der Waals surface area contributed by atoms with Crippen molar-refractivity contribution in [3.63, 3.8) is 0 Å². The first-order valence-electron chi connectivity index (χ1n) is 4.52. The van der Waals surface area contributed by atoms with Crippen molar-refractivity contribution in [1.82, 2.24) is 0 Å². The Kier molecular flexibility index (Phi) is 3.03. The molecule has 1 aromatic heterocycles. The first-order chi connectivity index (χ1) is 7.76. The number of rotatable bonds is 3. The minimum absolute atomic E-state index is 0.195. The Balaban J connectivity index is 2.58. The summed E-state index contributed by atoms with van der Waals surface area (Å²) in [6.07, 6.45) is 0. The van der Waals surface area contributed by atoms with Crippen molar-refractivity contribution in [2.75, 3.05) is 7.11 Å². The van der Waals surface area contributed by atoms with Crippen LogP contribution in [-0.4, -0.2) is 7.11 Å². The monoisotopic (exact) mass is 281 g/mol. The van der Waals surface area contributed by atoms with Gasteiger partial charge in [0, 0.05) is 14.8 Å². The standard InChI is InChI=1S/C10H8BrN3O2/c1-15-9-3-2-8(11)7-4-6(5-13-14-12)16-10(7)9/h2-4H,5H2,1H3. The van der Waals surface area contributed by atoms with Crippen LogP contribution in [0.15, 0.2) is 32.2 Å². The van der Waals surface area contributed by atoms with E-state index in [1.54, 1.807) is 7.11 Å². The summed E-state index contributed by atoms with van der Waals surface area (Å²) in [4.78, 5) is 2.69. The molecule has 0 amide bonds. The van der Waals surface area contributed by atoms with Gasteiger partial charge in [0.05, 0.1) is 13.7 Å². The fourth-order valence-electron chi connectivity index (χ4n) is 1.46. The van der Waals surface area contributed by atoms with Crippen LogP contribution in [0.1, 0.15) is 5.76 Å². The molecule has 2 aromatic rings. The topological polar surface area (TPSA) is 71.1 Å². The Morgan fingerprint density at radius 3 is 3.06 bits per heavy atom. The van der Waals surface area contributed by atoms with E-state index in [1.807, 2.05) is 18.2 Å². The molecular formula is C10H8BrN3O2. The minimum atomic E-state index is 0.195. The molecule has 5 nitrogen and oxygen atoms in total. The molecule has 0 saturated carbocycles. The molecule has 0 atom stereocenters. The third kappa shape index (κ3) is 1.85. The van der Waals surface area contributed by atoms with Gasteiger partial charge in [-0.25, -0.2) is 0 Å². The summed E-state index contributed by atoms with van der Waals surface area (Å²) < 4.78 is 11.7. The Bertz CT molecular complexity index is 573. The average molecular weight is 282 g/mol. The molecule has 0 radical (unpaired) electrons. The molecule has 0 fully saturated rings. The Morgan fingerprint density at radius 2 is 2.38 bits per heavy atom. The van der Waals surface area contributed by atoms with E-state index in [-0.39, 0.29) is 6.54 Å². The first-order valence-corrected chi connectivity index (χ1v) is 5.31. The molecule has 1 heterocycles. The summed E-state index contributed by atoms with van der Waals surface area (Å²) >= 11 is 3.42. The summed E-state index contributed by atoms with van der Waals surface area (Å²) in [6, 6.07) is 5.53. The highest BCUT2D eigenvalue weighted by Gasteiger charge is 2.11. The van der Waals surface area contributed by atoms with Gasteiger partial charge in [0.1, 0.15) is 5.76 Å². The summed E-state index contributed by atoms with van der Waals surface area (Å²) in [6.45, 7) is 0.195. The zero-order valence-corrected chi connectivity index (χ0v) is 10.1. The van der Waals surface area contributed by atoms with Gasteiger partial charge < -0.3 is 9.15 Å². The largest absolute Gasteiger partial charge is 0.493 e. The van der Waals surface area contributed by atoms with E-state index in [0.717, 1.165) is 9.86 Å². The van der Waals surface area contributed by atoms with Gasteiger partial charge in [0.25, 0.3) is 0 Å². The highest BCUT2D eigenvalue weighted by molar-refractivity contribution is 9.10. The van der Waals surface area contributed by atoms with Gasteiger partial charge in [-0.15, -0.1) is 0 Å². The Hall–Kier alpha value is -1.65. The summed E-state index contributed by atoms with van der Waals surface area (Å²) in [5.74, 6) is 1.27. The van der Waals surface area contributed by atoms with Crippen molar-refractivity contribution >= 4 is 26.9 Å². The molecule has 1 aromatic carbocycles. The smallest absolute Gasteiger partial charge is 0.177 e. The van der Waals surface area contributed by atoms with Gasteiger partial charge in [-0.1, -0.05) is 21.0 Å². The van der Waals surface area contributed by atoms with Crippen LogP contribution in [0.5, 0.6) is 5.75 Å². The van der Waals surface area contributed by atoms with Crippen LogP contribution in [0.25, 0.3) is 21.4 Å². The number of hydrogen-bond acceptors (Lipinski definition) is 3. The van der Waals surface area contributed by atoms with Crippen LogP contribution in [0.4, 0.5) is 0 Å². The predicted molar refractivity (Wildman–Crippen MR) is 63.3 cm³/mol. The number of ether oxygens (including phenoxy) is 1. The molecule has 0 spiro atoms. The SMILES string of the molecule is COc1ccc(Br)c2cc(CN=[N+]=[N-])oc12. The zero-order chi connectivity index (χ0) is 11.5. The second-order valence-electron chi connectivity index (χ2n) is 3.09. The number of furan rings is 1. The Morgan fingerprint density at radius 1 is 1.56 bits per heavy atom. The molecule has 6 heteroatoms. The molecule has 0 aliphatic heterocycles. The summed E-state index contributed by atoms with van der Waals surface area (Å²) in [5.41, 5.74) is 8.89. The lowest BCUT2D eigenvalue weighted by molar-refractivity contribution is 0.407. The molecule has 0 bridgehead atoms. The second kappa shape index (κ2) is 4.47. The molecule has 0 aliphatic rings. The lowest BCUT2D eigenvalue weighted by atomic mass is 10.2. The van der Waals surface area contributed by atoms with Crippen LogP contribution in [0.3, 0.4) is 0 Å². The number of azide groups is 1. The lowest BCUT2D eigenvalue weighted by Gasteiger charge is -2.00. The molecule has 0 saturated heterocycles. The molecule has 0 aliphatic carbocycles. The number of benzene rings is 1. The maximum absolute atomic E-state index is 8.24. The fraction of sp³-hybridized carbons (Fsp3) is 0.200. The highest BCUT2D eigenvalue weighted by Crippen LogP contribution is 2.34. The maximum atomic E-state index is 8.24. The summed E-state index contributed by atoms with van der Waals surface area (Å²) in [5, 5.41) is 4.36. The van der Waals surface area contributed by atoms with E-state index in [1.165, 1.54) is 0 Å². The van der Waals surface area contributed by atoms with E-state index in [4.69, 9.17) is 14.7 Å². The number of hydrogen-bond donors (Lipinski definition) is 0. The van der Waals surface area contributed by atoms with Gasteiger partial charge in [-0.2, -0.15) is 0 Å². The van der Waals surface area contributed by atoms with Crippen LogP contribution < -0.4 is 4.74 Å². The predicted octanol–water partition coefficient (Wildman–Crippen LogP) is 4.01. The average Bonchev–Trinajstić information content (AvgIpc) is 2.72. The molecule has 0 N–H and O–H groups in total. The number of fused-ring (bicyclic) bond motifs is 1. The van der Waals surface area contributed by atoms with Gasteiger partial charge in [-0.3, -0.25) is 0 Å². The summed E-state index contributed by atoms with van der Waals surface area (Å²) in [7, 11) is 1.58. The van der Waals surface area contributed by atoms with Crippen molar-refractivity contribution in [1.29, 1.82) is 0 Å². The normalized spacial score (nSPS) is 10.1. The third-order valence-electron chi connectivity index (χ3n) is 2.15. The van der Waals surface area contributed by atoms with Gasteiger partial charge in [0.2, 0.25) is 0 Å². The fourth-order valence-corrected chi connectivity index (χ4v) is 1.88. The van der Waals surface area contributed by atoms with E-state index in [9.17, 15) is 0 Å². The van der Waals surface area contributed by atoms with E-state index in [0.29, 0.717) is 17.1 Å². The minimum Gasteiger partial charge on any atom is -0.493 e. The van der Waals surface area contributed by atoms with Gasteiger partial charge in [0.15, 0.2) is 11.3 Å². The van der Waals surface area contributed by atoms with Crippen molar-refractivity contribution in [2.24, 2.45) is 5.11 Å². The van der Waals surface area contributed by atoms with Crippen molar-refractivity contribution in [3.8, 4) is 5.75 Å². The number of halogens is 1.